The molecule has 4 unspecified atom stereocenters. The molecular formula is C17H36N2. The maximum absolute atomic E-state index is 3.88. The summed E-state index contributed by atoms with van der Waals surface area (Å²) >= 11 is 0. The third-order valence-electron chi connectivity index (χ3n) is 4.94. The monoisotopic (exact) mass is 268 g/mol. The zero-order valence-corrected chi connectivity index (χ0v) is 13.9. The van der Waals surface area contributed by atoms with Gasteiger partial charge in [-0.15, -0.1) is 0 Å². The summed E-state index contributed by atoms with van der Waals surface area (Å²) in [5, 5.41) is 3.88. The van der Waals surface area contributed by atoms with Crippen LogP contribution in [0.15, 0.2) is 0 Å². The second-order valence-corrected chi connectivity index (χ2v) is 6.74. The molecule has 0 aliphatic heterocycles. The third kappa shape index (κ3) is 6.27. The summed E-state index contributed by atoms with van der Waals surface area (Å²) in [4.78, 5) is 2.53. The van der Waals surface area contributed by atoms with Crippen molar-refractivity contribution in [1.82, 2.24) is 10.2 Å². The minimum Gasteiger partial charge on any atom is -0.311 e. The highest BCUT2D eigenvalue weighted by atomic mass is 15.1. The van der Waals surface area contributed by atoms with Crippen LogP contribution in [-0.2, 0) is 0 Å². The molecule has 2 nitrogen and oxygen atoms in total. The van der Waals surface area contributed by atoms with Gasteiger partial charge in [0.15, 0.2) is 0 Å². The lowest BCUT2D eigenvalue weighted by atomic mass is 9.79. The average Bonchev–Trinajstić information content (AvgIpc) is 2.38. The van der Waals surface area contributed by atoms with Crippen molar-refractivity contribution in [3.63, 3.8) is 0 Å². The molecular weight excluding hydrogens is 232 g/mol. The van der Waals surface area contributed by atoms with E-state index in [0.29, 0.717) is 6.04 Å². The predicted molar refractivity (Wildman–Crippen MR) is 85.6 cm³/mol. The van der Waals surface area contributed by atoms with Gasteiger partial charge in [-0.3, -0.25) is 0 Å². The number of nitrogens with one attached hydrogen (secondary N) is 1. The Morgan fingerprint density at radius 1 is 1.16 bits per heavy atom. The second kappa shape index (κ2) is 8.97. The Hall–Kier alpha value is -0.0800. The Morgan fingerprint density at radius 3 is 2.42 bits per heavy atom. The van der Waals surface area contributed by atoms with Crippen LogP contribution in [0, 0.1) is 11.8 Å². The van der Waals surface area contributed by atoms with Crippen molar-refractivity contribution in [3.05, 3.63) is 0 Å². The number of rotatable bonds is 8. The Morgan fingerprint density at radius 2 is 1.84 bits per heavy atom. The maximum atomic E-state index is 3.88. The van der Waals surface area contributed by atoms with E-state index in [9.17, 15) is 0 Å². The molecule has 0 amide bonds. The number of hydrogen-bond donors (Lipinski definition) is 1. The zero-order chi connectivity index (χ0) is 14.3. The van der Waals surface area contributed by atoms with Crippen LogP contribution in [0.3, 0.4) is 0 Å². The lowest BCUT2D eigenvalue weighted by Crippen LogP contribution is -2.43. The van der Waals surface area contributed by atoms with Gasteiger partial charge >= 0.3 is 0 Å². The molecule has 1 N–H and O–H groups in total. The molecule has 0 spiro atoms. The van der Waals surface area contributed by atoms with Gasteiger partial charge in [-0.05, 0) is 70.5 Å². The standard InChI is InChI=1S/C17H36N2/c1-6-19(7-2)12-8-9-16(5)18-17-11-10-14(3)13-15(17)4/h14-18H,6-13H2,1-5H3. The molecule has 0 aromatic rings. The highest BCUT2D eigenvalue weighted by Gasteiger charge is 2.25. The second-order valence-electron chi connectivity index (χ2n) is 6.74. The van der Waals surface area contributed by atoms with E-state index in [2.05, 4.69) is 44.8 Å². The Labute approximate surface area is 121 Å². The first-order valence-electron chi connectivity index (χ1n) is 8.55. The first kappa shape index (κ1) is 17.0. The highest BCUT2D eigenvalue weighted by Crippen LogP contribution is 2.29. The van der Waals surface area contributed by atoms with Crippen LogP contribution in [0.4, 0.5) is 0 Å². The van der Waals surface area contributed by atoms with Crippen LogP contribution in [0.1, 0.15) is 66.7 Å². The van der Waals surface area contributed by atoms with E-state index in [4.69, 9.17) is 0 Å². The maximum Gasteiger partial charge on any atom is 0.00953 e. The van der Waals surface area contributed by atoms with E-state index in [-0.39, 0.29) is 0 Å². The largest absolute Gasteiger partial charge is 0.311 e. The molecule has 0 heterocycles. The SMILES string of the molecule is CCN(CC)CCCC(C)NC1CCC(C)CC1C. The summed E-state index contributed by atoms with van der Waals surface area (Å²) < 4.78 is 0. The molecule has 19 heavy (non-hydrogen) atoms. The molecule has 114 valence electrons. The highest BCUT2D eigenvalue weighted by molar-refractivity contribution is 4.82. The van der Waals surface area contributed by atoms with E-state index in [1.54, 1.807) is 0 Å². The van der Waals surface area contributed by atoms with Crippen LogP contribution >= 0.6 is 0 Å². The number of hydrogen-bond acceptors (Lipinski definition) is 2. The predicted octanol–water partition coefficient (Wildman–Crippen LogP) is 3.91. The smallest absolute Gasteiger partial charge is 0.00953 e. The van der Waals surface area contributed by atoms with Gasteiger partial charge in [-0.1, -0.05) is 27.7 Å². The van der Waals surface area contributed by atoms with Crippen LogP contribution in [0.5, 0.6) is 0 Å². The summed E-state index contributed by atoms with van der Waals surface area (Å²) in [6.45, 7) is 15.4. The van der Waals surface area contributed by atoms with Gasteiger partial charge in [0, 0.05) is 12.1 Å². The van der Waals surface area contributed by atoms with Crippen molar-refractivity contribution in [2.24, 2.45) is 11.8 Å². The molecule has 0 aromatic heterocycles. The summed E-state index contributed by atoms with van der Waals surface area (Å²) in [7, 11) is 0. The zero-order valence-electron chi connectivity index (χ0n) is 13.9. The van der Waals surface area contributed by atoms with Gasteiger partial charge in [0.05, 0.1) is 0 Å². The minimum absolute atomic E-state index is 0.677. The fourth-order valence-corrected chi connectivity index (χ4v) is 3.52. The van der Waals surface area contributed by atoms with E-state index < -0.39 is 0 Å². The van der Waals surface area contributed by atoms with Crippen molar-refractivity contribution >= 4 is 0 Å². The molecule has 0 saturated heterocycles. The van der Waals surface area contributed by atoms with Gasteiger partial charge in [-0.25, -0.2) is 0 Å². The fraction of sp³-hybridized carbons (Fsp3) is 1.00. The van der Waals surface area contributed by atoms with Gasteiger partial charge < -0.3 is 10.2 Å². The lowest BCUT2D eigenvalue weighted by molar-refractivity contribution is 0.210. The molecule has 0 radical (unpaired) electrons. The first-order valence-corrected chi connectivity index (χ1v) is 8.55. The summed E-state index contributed by atoms with van der Waals surface area (Å²) in [6.07, 6.45) is 6.84. The van der Waals surface area contributed by atoms with Crippen LogP contribution < -0.4 is 5.32 Å². The van der Waals surface area contributed by atoms with Crippen molar-refractivity contribution < 1.29 is 0 Å². The molecule has 1 aliphatic carbocycles. The Bertz CT molecular complexity index is 225. The molecule has 2 heteroatoms. The van der Waals surface area contributed by atoms with Crippen LogP contribution in [0.25, 0.3) is 0 Å². The molecule has 0 aromatic carbocycles. The summed E-state index contributed by atoms with van der Waals surface area (Å²) in [5.74, 6) is 1.79. The molecule has 1 aliphatic rings. The quantitative estimate of drug-likeness (QED) is 0.718. The van der Waals surface area contributed by atoms with Gasteiger partial charge in [-0.2, -0.15) is 0 Å². The summed E-state index contributed by atoms with van der Waals surface area (Å²) in [5.41, 5.74) is 0. The first-order chi connectivity index (χ1) is 9.06. The Balaban J connectivity index is 2.18. The van der Waals surface area contributed by atoms with Gasteiger partial charge in [0.25, 0.3) is 0 Å². The van der Waals surface area contributed by atoms with Crippen LogP contribution in [-0.4, -0.2) is 36.6 Å². The minimum atomic E-state index is 0.677. The van der Waals surface area contributed by atoms with E-state index in [0.717, 1.165) is 17.9 Å². The van der Waals surface area contributed by atoms with Crippen molar-refractivity contribution in [1.29, 1.82) is 0 Å². The van der Waals surface area contributed by atoms with Crippen LogP contribution in [0.2, 0.25) is 0 Å². The molecule has 1 rings (SSSR count). The van der Waals surface area contributed by atoms with Crippen molar-refractivity contribution in [2.75, 3.05) is 19.6 Å². The van der Waals surface area contributed by atoms with E-state index in [1.807, 2.05) is 0 Å². The van der Waals surface area contributed by atoms with Gasteiger partial charge in [0.2, 0.25) is 0 Å². The van der Waals surface area contributed by atoms with E-state index >= 15 is 0 Å². The Kier molecular flexibility index (Phi) is 8.01. The molecule has 4 atom stereocenters. The fourth-order valence-electron chi connectivity index (χ4n) is 3.52. The van der Waals surface area contributed by atoms with Crippen molar-refractivity contribution in [3.8, 4) is 0 Å². The average molecular weight is 268 g/mol. The van der Waals surface area contributed by atoms with E-state index in [1.165, 1.54) is 51.7 Å². The van der Waals surface area contributed by atoms with Gasteiger partial charge in [0.1, 0.15) is 0 Å². The summed E-state index contributed by atoms with van der Waals surface area (Å²) in [6, 6.07) is 1.44. The topological polar surface area (TPSA) is 15.3 Å². The molecule has 1 saturated carbocycles. The normalized spacial score (nSPS) is 29.7. The molecule has 0 bridgehead atoms. The lowest BCUT2D eigenvalue weighted by Gasteiger charge is -2.35. The third-order valence-corrected chi connectivity index (χ3v) is 4.94. The van der Waals surface area contributed by atoms with Crippen molar-refractivity contribution in [2.45, 2.75) is 78.8 Å². The number of nitrogens with zero attached hydrogens (tertiary/aromatic N) is 1. The molecule has 1 fully saturated rings.